The summed E-state index contributed by atoms with van der Waals surface area (Å²) in [4.78, 5) is 0. The van der Waals surface area contributed by atoms with E-state index in [1.54, 1.807) is 0 Å². The normalized spacial score (nSPS) is 15.2. The van der Waals surface area contributed by atoms with Crippen LogP contribution in [0.25, 0.3) is 0 Å². The Bertz CT molecular complexity index is 128. The SMILES string of the molecule is F[B-](F)(F)F.[C-]#CC1CC1.[K+]. The molecule has 0 aromatic carbocycles. The van der Waals surface area contributed by atoms with Crippen molar-refractivity contribution in [2.75, 3.05) is 0 Å². The predicted molar refractivity (Wildman–Crippen MR) is 30.0 cm³/mol. The van der Waals surface area contributed by atoms with Gasteiger partial charge in [0.05, 0.1) is 0 Å². The van der Waals surface area contributed by atoms with Gasteiger partial charge in [-0.1, -0.05) is 0 Å². The fraction of sp³-hybridized carbons (Fsp3) is 0.600. The van der Waals surface area contributed by atoms with Gasteiger partial charge in [-0.2, -0.15) is 0 Å². The molecule has 0 aliphatic heterocycles. The molecule has 1 fully saturated rings. The van der Waals surface area contributed by atoms with Gasteiger partial charge in [-0.25, -0.2) is 0 Å². The summed E-state index contributed by atoms with van der Waals surface area (Å²) in [6.07, 6.45) is 8.89. The third-order valence-corrected chi connectivity index (χ3v) is 0.781. The first-order valence-electron chi connectivity index (χ1n) is 2.73. The summed E-state index contributed by atoms with van der Waals surface area (Å²) in [6, 6.07) is 0. The van der Waals surface area contributed by atoms with Crippen LogP contribution in [0.4, 0.5) is 17.3 Å². The van der Waals surface area contributed by atoms with Gasteiger partial charge in [0.2, 0.25) is 0 Å². The molecule has 6 heteroatoms. The summed E-state index contributed by atoms with van der Waals surface area (Å²) in [5.41, 5.74) is 0. The molecule has 0 heterocycles. The van der Waals surface area contributed by atoms with Crippen LogP contribution in [0.2, 0.25) is 0 Å². The van der Waals surface area contributed by atoms with Crippen molar-refractivity contribution in [3.05, 3.63) is 6.42 Å². The Kier molecular flexibility index (Phi) is 8.56. The second-order valence-corrected chi connectivity index (χ2v) is 1.91. The zero-order valence-corrected chi connectivity index (χ0v) is 9.20. The van der Waals surface area contributed by atoms with Crippen LogP contribution in [0, 0.1) is 18.3 Å². The van der Waals surface area contributed by atoms with Gasteiger partial charge in [-0.3, -0.25) is 0 Å². The number of rotatable bonds is 0. The van der Waals surface area contributed by atoms with Crippen LogP contribution in [0.5, 0.6) is 0 Å². The third-order valence-electron chi connectivity index (χ3n) is 0.781. The van der Waals surface area contributed by atoms with Crippen molar-refractivity contribution in [3.63, 3.8) is 0 Å². The van der Waals surface area contributed by atoms with Crippen LogP contribution in [0.1, 0.15) is 12.8 Å². The average molecular weight is 191 g/mol. The molecule has 0 radical (unpaired) electrons. The van der Waals surface area contributed by atoms with Crippen LogP contribution in [0.15, 0.2) is 0 Å². The van der Waals surface area contributed by atoms with Crippen LogP contribution in [-0.2, 0) is 0 Å². The molecule has 1 saturated carbocycles. The Morgan fingerprint density at radius 3 is 1.45 bits per heavy atom. The molecule has 0 unspecified atom stereocenters. The van der Waals surface area contributed by atoms with E-state index in [0.717, 1.165) is 0 Å². The average Bonchev–Trinajstić information content (AvgIpc) is 2.39. The Morgan fingerprint density at radius 2 is 1.45 bits per heavy atom. The molecule has 0 aromatic rings. The second-order valence-electron chi connectivity index (χ2n) is 1.91. The molecule has 0 bridgehead atoms. The van der Waals surface area contributed by atoms with E-state index in [1.807, 2.05) is 0 Å². The summed E-state index contributed by atoms with van der Waals surface area (Å²) in [5.74, 6) is 2.94. The van der Waals surface area contributed by atoms with Crippen LogP contribution < -0.4 is 51.4 Å². The van der Waals surface area contributed by atoms with Gasteiger partial charge in [0, 0.05) is 0 Å². The molecular weight excluding hydrogens is 186 g/mol. The molecule has 58 valence electrons. The molecule has 0 spiro atoms. The summed E-state index contributed by atoms with van der Waals surface area (Å²) < 4.78 is 39.0. The minimum atomic E-state index is -6.00. The molecule has 11 heavy (non-hydrogen) atoms. The fourth-order valence-electron chi connectivity index (χ4n) is 0.228. The molecule has 0 N–H and O–H groups in total. The first kappa shape index (κ1) is 14.5. The molecular formula is C5H5BF4K-. The van der Waals surface area contributed by atoms with Gasteiger partial charge < -0.3 is 29.6 Å². The third kappa shape index (κ3) is 24.8. The van der Waals surface area contributed by atoms with E-state index in [0.29, 0.717) is 5.92 Å². The molecule has 1 aliphatic rings. The summed E-state index contributed by atoms with van der Waals surface area (Å²) >= 11 is 0. The first-order chi connectivity index (χ1) is 4.43. The van der Waals surface area contributed by atoms with Crippen LogP contribution >= 0.6 is 0 Å². The molecule has 0 nitrogen and oxygen atoms in total. The number of halogens is 4. The van der Waals surface area contributed by atoms with Crippen LogP contribution in [0.3, 0.4) is 0 Å². The zero-order chi connectivity index (χ0) is 8.20. The van der Waals surface area contributed by atoms with Crippen LogP contribution in [-0.4, -0.2) is 7.25 Å². The Hall–Kier alpha value is 0.981. The molecule has 0 aromatic heterocycles. The van der Waals surface area contributed by atoms with E-state index in [-0.39, 0.29) is 51.4 Å². The maximum absolute atomic E-state index is 9.75. The molecule has 1 rings (SSSR count). The standard InChI is InChI=1S/C5H5.BF4.K/c1-2-5-3-4-5;2-1(3,4)5;/h5H,3-4H2;;/q2*-1;+1. The van der Waals surface area contributed by atoms with Crippen molar-refractivity contribution in [1.82, 2.24) is 0 Å². The fourth-order valence-corrected chi connectivity index (χ4v) is 0.228. The topological polar surface area (TPSA) is 0 Å². The van der Waals surface area contributed by atoms with Gasteiger partial charge in [0.25, 0.3) is 0 Å². The predicted octanol–water partition coefficient (Wildman–Crippen LogP) is -0.710. The van der Waals surface area contributed by atoms with Crippen molar-refractivity contribution in [2.24, 2.45) is 5.92 Å². The van der Waals surface area contributed by atoms with E-state index in [4.69, 9.17) is 6.42 Å². The minimum absolute atomic E-state index is 0. The molecule has 0 saturated heterocycles. The zero-order valence-electron chi connectivity index (χ0n) is 6.08. The Balaban J connectivity index is 0. The van der Waals surface area contributed by atoms with Crippen molar-refractivity contribution < 1.29 is 68.6 Å². The Morgan fingerprint density at radius 1 is 1.18 bits per heavy atom. The smallest absolute Gasteiger partial charge is 0.693 e. The second kappa shape index (κ2) is 6.49. The van der Waals surface area contributed by atoms with Gasteiger partial charge in [-0.05, 0) is 18.8 Å². The maximum atomic E-state index is 9.75. The molecule has 0 atom stereocenters. The summed E-state index contributed by atoms with van der Waals surface area (Å²) in [5, 5.41) is 0. The molecule has 1 aliphatic carbocycles. The van der Waals surface area contributed by atoms with Crippen molar-refractivity contribution in [2.45, 2.75) is 12.8 Å². The van der Waals surface area contributed by atoms with Crippen molar-refractivity contribution >= 4 is 7.25 Å². The first-order valence-corrected chi connectivity index (χ1v) is 2.73. The summed E-state index contributed by atoms with van der Waals surface area (Å²) in [7, 11) is -6.00. The maximum Gasteiger partial charge on any atom is 1.00 e. The van der Waals surface area contributed by atoms with Crippen molar-refractivity contribution in [3.8, 4) is 5.92 Å². The van der Waals surface area contributed by atoms with Gasteiger partial charge >= 0.3 is 58.6 Å². The van der Waals surface area contributed by atoms with Crippen molar-refractivity contribution in [1.29, 1.82) is 0 Å². The molecule has 0 amide bonds. The number of hydrogen-bond donors (Lipinski definition) is 0. The largest absolute Gasteiger partial charge is 1.00 e. The van der Waals surface area contributed by atoms with Gasteiger partial charge in [0.1, 0.15) is 0 Å². The van der Waals surface area contributed by atoms with Gasteiger partial charge in [-0.15, -0.1) is 0 Å². The number of hydrogen-bond acceptors (Lipinski definition) is 0. The Labute approximate surface area is 106 Å². The monoisotopic (exact) mass is 191 g/mol. The van der Waals surface area contributed by atoms with E-state index < -0.39 is 7.25 Å². The van der Waals surface area contributed by atoms with E-state index in [1.165, 1.54) is 12.8 Å². The van der Waals surface area contributed by atoms with E-state index in [2.05, 4.69) is 5.92 Å². The van der Waals surface area contributed by atoms with Gasteiger partial charge in [0.15, 0.2) is 0 Å². The summed E-state index contributed by atoms with van der Waals surface area (Å²) in [6.45, 7) is 0. The van der Waals surface area contributed by atoms with E-state index in [9.17, 15) is 17.3 Å². The quantitative estimate of drug-likeness (QED) is 0.205. The van der Waals surface area contributed by atoms with E-state index >= 15 is 0 Å². The minimum Gasteiger partial charge on any atom is -0.693 e.